The van der Waals surface area contributed by atoms with Crippen molar-refractivity contribution in [2.24, 2.45) is 5.92 Å². The van der Waals surface area contributed by atoms with Gasteiger partial charge in [-0.05, 0) is 46.7 Å². The van der Waals surface area contributed by atoms with Crippen molar-refractivity contribution in [1.82, 2.24) is 19.8 Å². The maximum Gasteiger partial charge on any atom is 0.407 e. The lowest BCUT2D eigenvalue weighted by atomic mass is 10.1. The largest absolute Gasteiger partial charge is 0.444 e. The van der Waals surface area contributed by atoms with Gasteiger partial charge in [-0.15, -0.1) is 0 Å². The Hall–Kier alpha value is -1.56. The molecule has 1 atom stereocenters. The fraction of sp³-hybridized carbons (Fsp3) is 0.750. The van der Waals surface area contributed by atoms with Gasteiger partial charge >= 0.3 is 6.09 Å². The molecule has 1 N–H and O–H groups in total. The Morgan fingerprint density at radius 3 is 2.91 bits per heavy atom. The van der Waals surface area contributed by atoms with Gasteiger partial charge < -0.3 is 19.5 Å². The van der Waals surface area contributed by atoms with Crippen LogP contribution in [0, 0.1) is 5.92 Å². The molecule has 0 saturated carbocycles. The molecule has 1 aromatic heterocycles. The van der Waals surface area contributed by atoms with Crippen molar-refractivity contribution >= 4 is 6.09 Å². The van der Waals surface area contributed by atoms with Gasteiger partial charge in [0.05, 0.1) is 6.33 Å². The Labute approximate surface area is 132 Å². The Morgan fingerprint density at radius 1 is 1.50 bits per heavy atom. The van der Waals surface area contributed by atoms with E-state index in [1.54, 1.807) is 0 Å². The number of ether oxygens (including phenoxy) is 1. The van der Waals surface area contributed by atoms with Crippen molar-refractivity contribution < 1.29 is 9.53 Å². The summed E-state index contributed by atoms with van der Waals surface area (Å²) in [5.74, 6) is 0.691. The van der Waals surface area contributed by atoms with Gasteiger partial charge in [-0.25, -0.2) is 9.78 Å². The van der Waals surface area contributed by atoms with Crippen LogP contribution in [0.5, 0.6) is 0 Å². The molecule has 0 aliphatic carbocycles. The van der Waals surface area contributed by atoms with E-state index in [1.807, 2.05) is 33.3 Å². The van der Waals surface area contributed by atoms with E-state index in [-0.39, 0.29) is 6.09 Å². The summed E-state index contributed by atoms with van der Waals surface area (Å²) in [5.41, 5.74) is 0.700. The summed E-state index contributed by atoms with van der Waals surface area (Å²) in [4.78, 5) is 18.2. The smallest absolute Gasteiger partial charge is 0.407 e. The van der Waals surface area contributed by atoms with E-state index in [4.69, 9.17) is 4.74 Å². The minimum atomic E-state index is -0.458. The second-order valence-electron chi connectivity index (χ2n) is 7.13. The highest BCUT2D eigenvalue weighted by Gasteiger charge is 2.20. The van der Waals surface area contributed by atoms with Crippen LogP contribution in [0.1, 0.15) is 32.9 Å². The van der Waals surface area contributed by atoms with E-state index in [2.05, 4.69) is 26.8 Å². The maximum absolute atomic E-state index is 11.6. The number of carbonyl (C=O) groups is 1. The molecule has 2 heterocycles. The number of aromatic nitrogens is 2. The predicted molar refractivity (Wildman–Crippen MR) is 85.8 cm³/mol. The fourth-order valence-electron chi connectivity index (χ4n) is 2.78. The second-order valence-corrected chi connectivity index (χ2v) is 7.13. The topological polar surface area (TPSA) is 59.4 Å². The van der Waals surface area contributed by atoms with Crippen molar-refractivity contribution in [3.63, 3.8) is 0 Å². The molecule has 0 radical (unpaired) electrons. The minimum Gasteiger partial charge on any atom is -0.444 e. The predicted octanol–water partition coefficient (Wildman–Crippen LogP) is 1.90. The lowest BCUT2D eigenvalue weighted by Gasteiger charge is -2.19. The number of hydrogen-bond acceptors (Lipinski definition) is 4. The first-order chi connectivity index (χ1) is 10.3. The van der Waals surface area contributed by atoms with Crippen molar-refractivity contribution in [3.8, 4) is 0 Å². The summed E-state index contributed by atoms with van der Waals surface area (Å²) in [5, 5.41) is 2.79. The third-order valence-corrected chi connectivity index (χ3v) is 3.79. The van der Waals surface area contributed by atoms with Gasteiger partial charge in [-0.3, -0.25) is 0 Å². The monoisotopic (exact) mass is 308 g/mol. The summed E-state index contributed by atoms with van der Waals surface area (Å²) in [7, 11) is 2.17. The Morgan fingerprint density at radius 2 is 2.27 bits per heavy atom. The van der Waals surface area contributed by atoms with Gasteiger partial charge in [0, 0.05) is 37.9 Å². The molecule has 1 unspecified atom stereocenters. The summed E-state index contributed by atoms with van der Waals surface area (Å²) in [6.45, 7) is 9.47. The maximum atomic E-state index is 11.6. The fourth-order valence-corrected chi connectivity index (χ4v) is 2.78. The third kappa shape index (κ3) is 5.33. The van der Waals surface area contributed by atoms with Crippen molar-refractivity contribution in [1.29, 1.82) is 0 Å². The molecule has 6 heteroatoms. The molecule has 22 heavy (non-hydrogen) atoms. The van der Waals surface area contributed by atoms with Crippen LogP contribution in [0.3, 0.4) is 0 Å². The molecule has 2 rings (SSSR count). The first kappa shape index (κ1) is 16.8. The number of nitrogens with one attached hydrogen (secondary N) is 1. The highest BCUT2D eigenvalue weighted by Crippen LogP contribution is 2.17. The molecule has 1 aliphatic rings. The number of amides is 1. The van der Waals surface area contributed by atoms with E-state index < -0.39 is 5.60 Å². The molecule has 0 spiro atoms. The Kier molecular flexibility index (Phi) is 5.45. The molecule has 1 amide bonds. The Balaban J connectivity index is 1.77. The van der Waals surface area contributed by atoms with E-state index in [9.17, 15) is 4.79 Å². The van der Waals surface area contributed by atoms with Gasteiger partial charge in [0.15, 0.2) is 0 Å². The minimum absolute atomic E-state index is 0.365. The normalized spacial score (nSPS) is 19.4. The molecule has 0 aromatic carbocycles. The second kappa shape index (κ2) is 7.13. The van der Waals surface area contributed by atoms with E-state index in [0.717, 1.165) is 25.2 Å². The molecule has 124 valence electrons. The van der Waals surface area contributed by atoms with Gasteiger partial charge in [-0.1, -0.05) is 0 Å². The molecule has 0 bridgehead atoms. The van der Waals surface area contributed by atoms with Crippen LogP contribution in [0.2, 0.25) is 0 Å². The van der Waals surface area contributed by atoms with Crippen LogP contribution in [0.15, 0.2) is 12.5 Å². The zero-order valence-corrected chi connectivity index (χ0v) is 14.1. The highest BCUT2D eigenvalue weighted by atomic mass is 16.6. The van der Waals surface area contributed by atoms with E-state index in [1.165, 1.54) is 13.0 Å². The van der Waals surface area contributed by atoms with E-state index in [0.29, 0.717) is 12.5 Å². The standard InChI is InChI=1S/C16H28N4O2/c1-16(2,3)22-15(21)18-7-5-14-9-17-12-20(14)11-13-6-8-19(4)10-13/h9,12-13H,5-8,10-11H2,1-4H3,(H,18,21). The molecule has 1 fully saturated rings. The average molecular weight is 308 g/mol. The van der Waals surface area contributed by atoms with Crippen LogP contribution >= 0.6 is 0 Å². The molecular formula is C16H28N4O2. The van der Waals surface area contributed by atoms with Gasteiger partial charge in [-0.2, -0.15) is 0 Å². The van der Waals surface area contributed by atoms with Gasteiger partial charge in [0.25, 0.3) is 0 Å². The number of hydrogen-bond donors (Lipinski definition) is 1. The molecule has 1 aromatic rings. The van der Waals surface area contributed by atoms with Gasteiger partial charge in [0.1, 0.15) is 5.60 Å². The number of nitrogens with zero attached hydrogens (tertiary/aromatic N) is 3. The molecule has 6 nitrogen and oxygen atoms in total. The van der Waals surface area contributed by atoms with Gasteiger partial charge in [0.2, 0.25) is 0 Å². The van der Waals surface area contributed by atoms with Crippen LogP contribution in [0.4, 0.5) is 4.79 Å². The zero-order valence-electron chi connectivity index (χ0n) is 14.1. The van der Waals surface area contributed by atoms with Crippen LogP contribution in [-0.2, 0) is 17.7 Å². The van der Waals surface area contributed by atoms with Crippen LogP contribution < -0.4 is 5.32 Å². The number of rotatable bonds is 5. The van der Waals surface area contributed by atoms with Crippen molar-refractivity contribution in [2.75, 3.05) is 26.7 Å². The SMILES string of the molecule is CN1CCC(Cn2cncc2CCNC(=O)OC(C)(C)C)C1. The third-order valence-electron chi connectivity index (χ3n) is 3.79. The van der Waals surface area contributed by atoms with Crippen LogP contribution in [0.25, 0.3) is 0 Å². The van der Waals surface area contributed by atoms with E-state index >= 15 is 0 Å². The summed E-state index contributed by atoms with van der Waals surface area (Å²) >= 11 is 0. The number of alkyl carbamates (subject to hydrolysis) is 1. The summed E-state index contributed by atoms with van der Waals surface area (Å²) in [6, 6.07) is 0. The van der Waals surface area contributed by atoms with Crippen molar-refractivity contribution in [3.05, 3.63) is 18.2 Å². The average Bonchev–Trinajstić information content (AvgIpc) is 2.98. The highest BCUT2D eigenvalue weighted by molar-refractivity contribution is 5.67. The van der Waals surface area contributed by atoms with Crippen LogP contribution in [-0.4, -0.2) is 52.8 Å². The molecular weight excluding hydrogens is 280 g/mol. The summed E-state index contributed by atoms with van der Waals surface area (Å²) < 4.78 is 7.44. The number of carbonyl (C=O) groups excluding carboxylic acids is 1. The molecule has 1 saturated heterocycles. The number of likely N-dealkylation sites (tertiary alicyclic amines) is 1. The Bertz CT molecular complexity index is 493. The lowest BCUT2D eigenvalue weighted by molar-refractivity contribution is 0.0528. The molecule has 1 aliphatic heterocycles. The zero-order chi connectivity index (χ0) is 16.2. The summed E-state index contributed by atoms with van der Waals surface area (Å²) in [6.07, 6.45) is 5.42. The quantitative estimate of drug-likeness (QED) is 0.902. The van der Waals surface area contributed by atoms with Crippen molar-refractivity contribution in [2.45, 2.75) is 45.8 Å². The number of imidazole rings is 1. The first-order valence-corrected chi connectivity index (χ1v) is 7.98. The first-order valence-electron chi connectivity index (χ1n) is 7.98. The lowest BCUT2D eigenvalue weighted by Crippen LogP contribution is -2.33.